The lowest BCUT2D eigenvalue weighted by Crippen LogP contribution is -2.52. The summed E-state index contributed by atoms with van der Waals surface area (Å²) in [5.74, 6) is 0.718. The van der Waals surface area contributed by atoms with Crippen LogP contribution in [0.25, 0.3) is 0 Å². The van der Waals surface area contributed by atoms with Gasteiger partial charge in [0.2, 0.25) is 5.95 Å². The average Bonchev–Trinajstić information content (AvgIpc) is 3.07. The molecule has 0 radical (unpaired) electrons. The minimum Gasteiger partial charge on any atom is -0.472 e. The maximum atomic E-state index is 12.1. The van der Waals surface area contributed by atoms with E-state index in [0.29, 0.717) is 19.6 Å². The standard InChI is InChI=1S/C14H17N5O2/c20-14(17-10-12-2-9-21-11-12)19-7-5-18(6-8-19)13-15-3-1-4-16-13/h1-4,9,11H,5-8,10H2,(H,17,20). The molecule has 1 N–H and O–H groups in total. The van der Waals surface area contributed by atoms with Gasteiger partial charge in [0.25, 0.3) is 0 Å². The summed E-state index contributed by atoms with van der Waals surface area (Å²) in [5.41, 5.74) is 0.958. The first-order chi connectivity index (χ1) is 10.3. The number of hydrogen-bond donors (Lipinski definition) is 1. The number of nitrogens with zero attached hydrogens (tertiary/aromatic N) is 4. The largest absolute Gasteiger partial charge is 0.472 e. The van der Waals surface area contributed by atoms with Crippen LogP contribution in [0.5, 0.6) is 0 Å². The topological polar surface area (TPSA) is 74.5 Å². The summed E-state index contributed by atoms with van der Waals surface area (Å²) in [7, 11) is 0. The van der Waals surface area contributed by atoms with E-state index < -0.39 is 0 Å². The Morgan fingerprint density at radius 1 is 1.24 bits per heavy atom. The number of amides is 2. The molecule has 0 saturated carbocycles. The predicted molar refractivity (Wildman–Crippen MR) is 76.8 cm³/mol. The van der Waals surface area contributed by atoms with E-state index in [9.17, 15) is 4.79 Å². The van der Waals surface area contributed by atoms with Gasteiger partial charge in [-0.1, -0.05) is 0 Å². The van der Waals surface area contributed by atoms with Gasteiger partial charge in [-0.3, -0.25) is 0 Å². The minimum atomic E-state index is -0.0511. The molecule has 1 aliphatic heterocycles. The smallest absolute Gasteiger partial charge is 0.317 e. The summed E-state index contributed by atoms with van der Waals surface area (Å²) in [6.07, 6.45) is 6.68. The van der Waals surface area contributed by atoms with Crippen molar-refractivity contribution in [3.8, 4) is 0 Å². The van der Waals surface area contributed by atoms with Gasteiger partial charge in [-0.05, 0) is 12.1 Å². The molecular weight excluding hydrogens is 270 g/mol. The molecule has 0 atom stereocenters. The highest BCUT2D eigenvalue weighted by Gasteiger charge is 2.22. The lowest BCUT2D eigenvalue weighted by molar-refractivity contribution is 0.193. The van der Waals surface area contributed by atoms with Crippen molar-refractivity contribution >= 4 is 12.0 Å². The molecule has 3 rings (SSSR count). The van der Waals surface area contributed by atoms with E-state index >= 15 is 0 Å². The molecule has 3 heterocycles. The molecule has 21 heavy (non-hydrogen) atoms. The Morgan fingerprint density at radius 2 is 2.00 bits per heavy atom. The van der Waals surface area contributed by atoms with Crippen LogP contribution >= 0.6 is 0 Å². The number of rotatable bonds is 3. The predicted octanol–water partition coefficient (Wildman–Crippen LogP) is 1.10. The third-order valence-electron chi connectivity index (χ3n) is 3.43. The van der Waals surface area contributed by atoms with Crippen LogP contribution < -0.4 is 10.2 Å². The second kappa shape index (κ2) is 6.25. The van der Waals surface area contributed by atoms with E-state index in [-0.39, 0.29) is 6.03 Å². The average molecular weight is 287 g/mol. The highest BCUT2D eigenvalue weighted by atomic mass is 16.3. The molecular formula is C14H17N5O2. The highest BCUT2D eigenvalue weighted by molar-refractivity contribution is 5.74. The van der Waals surface area contributed by atoms with Gasteiger partial charge in [-0.25, -0.2) is 14.8 Å². The third-order valence-corrected chi connectivity index (χ3v) is 3.43. The van der Waals surface area contributed by atoms with E-state index in [1.54, 1.807) is 35.9 Å². The Balaban J connectivity index is 1.48. The Kier molecular flexibility index (Phi) is 3.99. The molecule has 1 aliphatic rings. The molecule has 0 aromatic carbocycles. The van der Waals surface area contributed by atoms with Crippen molar-refractivity contribution < 1.29 is 9.21 Å². The summed E-state index contributed by atoms with van der Waals surface area (Å²) in [6.45, 7) is 3.29. The molecule has 2 amide bonds. The number of furan rings is 1. The van der Waals surface area contributed by atoms with Crippen molar-refractivity contribution in [3.05, 3.63) is 42.6 Å². The molecule has 0 unspecified atom stereocenters. The fourth-order valence-corrected chi connectivity index (χ4v) is 2.25. The first kappa shape index (κ1) is 13.4. The highest BCUT2D eigenvalue weighted by Crippen LogP contribution is 2.09. The second-order valence-electron chi connectivity index (χ2n) is 4.81. The van der Waals surface area contributed by atoms with E-state index in [4.69, 9.17) is 4.42 Å². The van der Waals surface area contributed by atoms with Crippen LogP contribution in [0, 0.1) is 0 Å². The van der Waals surface area contributed by atoms with Crippen molar-refractivity contribution in [2.45, 2.75) is 6.54 Å². The summed E-state index contributed by atoms with van der Waals surface area (Å²) in [6, 6.07) is 3.58. The second-order valence-corrected chi connectivity index (χ2v) is 4.81. The van der Waals surface area contributed by atoms with Crippen LogP contribution in [0.3, 0.4) is 0 Å². The van der Waals surface area contributed by atoms with Gasteiger partial charge in [-0.2, -0.15) is 0 Å². The van der Waals surface area contributed by atoms with Crippen molar-refractivity contribution in [3.63, 3.8) is 0 Å². The fourth-order valence-electron chi connectivity index (χ4n) is 2.25. The van der Waals surface area contributed by atoms with E-state index in [1.807, 2.05) is 6.07 Å². The monoisotopic (exact) mass is 287 g/mol. The Bertz CT molecular complexity index is 564. The molecule has 2 aromatic rings. The van der Waals surface area contributed by atoms with Crippen LogP contribution in [0.2, 0.25) is 0 Å². The van der Waals surface area contributed by atoms with Gasteiger partial charge in [0.15, 0.2) is 0 Å². The van der Waals surface area contributed by atoms with Gasteiger partial charge < -0.3 is 19.5 Å². The Hall–Kier alpha value is -2.57. The number of anilines is 1. The lowest BCUT2D eigenvalue weighted by Gasteiger charge is -2.34. The lowest BCUT2D eigenvalue weighted by atomic mass is 10.3. The van der Waals surface area contributed by atoms with Gasteiger partial charge in [0, 0.05) is 50.7 Å². The zero-order chi connectivity index (χ0) is 14.5. The van der Waals surface area contributed by atoms with Crippen LogP contribution in [0.1, 0.15) is 5.56 Å². The van der Waals surface area contributed by atoms with Crippen LogP contribution in [-0.2, 0) is 6.54 Å². The maximum Gasteiger partial charge on any atom is 0.317 e. The molecule has 2 aromatic heterocycles. The van der Waals surface area contributed by atoms with Crippen molar-refractivity contribution in [2.24, 2.45) is 0 Å². The summed E-state index contributed by atoms with van der Waals surface area (Å²) < 4.78 is 4.97. The fraction of sp³-hybridized carbons (Fsp3) is 0.357. The number of carbonyl (C=O) groups excluding carboxylic acids is 1. The van der Waals surface area contributed by atoms with Gasteiger partial charge >= 0.3 is 6.03 Å². The maximum absolute atomic E-state index is 12.1. The molecule has 0 bridgehead atoms. The van der Waals surface area contributed by atoms with E-state index in [1.165, 1.54) is 0 Å². The Labute approximate surface area is 122 Å². The van der Waals surface area contributed by atoms with E-state index in [2.05, 4.69) is 20.2 Å². The summed E-state index contributed by atoms with van der Waals surface area (Å²) >= 11 is 0. The molecule has 110 valence electrons. The Morgan fingerprint density at radius 3 is 2.67 bits per heavy atom. The minimum absolute atomic E-state index is 0.0511. The van der Waals surface area contributed by atoms with Crippen LogP contribution in [-0.4, -0.2) is 47.1 Å². The first-order valence-corrected chi connectivity index (χ1v) is 6.89. The van der Waals surface area contributed by atoms with Crippen molar-refractivity contribution in [1.82, 2.24) is 20.2 Å². The molecule has 7 nitrogen and oxygen atoms in total. The third kappa shape index (κ3) is 3.31. The zero-order valence-electron chi connectivity index (χ0n) is 11.6. The SMILES string of the molecule is O=C(NCc1ccoc1)N1CCN(c2ncccn2)CC1. The van der Waals surface area contributed by atoms with Gasteiger partial charge in [0.1, 0.15) is 0 Å². The quantitative estimate of drug-likeness (QED) is 0.915. The van der Waals surface area contributed by atoms with Crippen LogP contribution in [0.15, 0.2) is 41.5 Å². The molecule has 1 saturated heterocycles. The molecule has 0 spiro atoms. The molecule has 7 heteroatoms. The van der Waals surface area contributed by atoms with Gasteiger partial charge in [0.05, 0.1) is 12.5 Å². The number of aromatic nitrogens is 2. The summed E-state index contributed by atoms with van der Waals surface area (Å²) in [4.78, 5) is 24.4. The number of hydrogen-bond acceptors (Lipinski definition) is 5. The number of piperazine rings is 1. The van der Waals surface area contributed by atoms with E-state index in [0.717, 1.165) is 24.6 Å². The number of nitrogens with one attached hydrogen (secondary N) is 1. The molecule has 0 aliphatic carbocycles. The first-order valence-electron chi connectivity index (χ1n) is 6.89. The number of urea groups is 1. The normalized spacial score (nSPS) is 15.0. The number of carbonyl (C=O) groups is 1. The van der Waals surface area contributed by atoms with Crippen molar-refractivity contribution in [2.75, 3.05) is 31.1 Å². The van der Waals surface area contributed by atoms with Gasteiger partial charge in [-0.15, -0.1) is 0 Å². The van der Waals surface area contributed by atoms with Crippen molar-refractivity contribution in [1.29, 1.82) is 0 Å². The zero-order valence-corrected chi connectivity index (χ0v) is 11.6. The van der Waals surface area contributed by atoms with Crippen LogP contribution in [0.4, 0.5) is 10.7 Å². The summed E-state index contributed by atoms with van der Waals surface area (Å²) in [5, 5.41) is 2.89. The molecule has 1 fully saturated rings.